The van der Waals surface area contributed by atoms with E-state index in [0.717, 1.165) is 18.4 Å². The number of fused-ring (bicyclic) bond motifs is 1. The number of pyridine rings is 1. The smallest absolute Gasteiger partial charge is 0.350 e. The number of urea groups is 1. The van der Waals surface area contributed by atoms with Crippen LogP contribution in [0.25, 0.3) is 0 Å². The molecule has 12 heteroatoms. The van der Waals surface area contributed by atoms with Crippen LogP contribution in [0.15, 0.2) is 71.5 Å². The van der Waals surface area contributed by atoms with Gasteiger partial charge in [0, 0.05) is 42.7 Å². The van der Waals surface area contributed by atoms with Gasteiger partial charge in [0.05, 0.1) is 36.2 Å². The van der Waals surface area contributed by atoms with Crippen LogP contribution in [0, 0.1) is 0 Å². The molecule has 3 heterocycles. The summed E-state index contributed by atoms with van der Waals surface area (Å²) < 4.78 is 23.8. The number of benzene rings is 1. The quantitative estimate of drug-likeness (QED) is 0.181. The van der Waals surface area contributed by atoms with Crippen LogP contribution in [0.5, 0.6) is 5.88 Å². The van der Waals surface area contributed by atoms with Crippen molar-refractivity contribution >= 4 is 40.3 Å². The molecule has 1 saturated carbocycles. The number of carbonyl (C=O) groups excluding carboxylic acids is 2. The Morgan fingerprint density at radius 2 is 2.08 bits per heavy atom. The Balaban J connectivity index is 1.46. The molecule has 196 valence electrons. The molecular weight excluding hydrogens is 508 g/mol. The van der Waals surface area contributed by atoms with Gasteiger partial charge in [0.2, 0.25) is 11.8 Å². The van der Waals surface area contributed by atoms with Crippen molar-refractivity contribution in [3.8, 4) is 5.88 Å². The summed E-state index contributed by atoms with van der Waals surface area (Å²) in [5.41, 5.74) is 1.75. The molecule has 1 N–H and O–H groups in total. The van der Waals surface area contributed by atoms with E-state index in [4.69, 9.17) is 9.47 Å². The molecule has 1 aromatic carbocycles. The Kier molecular flexibility index (Phi) is 7.54. The van der Waals surface area contributed by atoms with Gasteiger partial charge in [-0.3, -0.25) is 4.79 Å². The number of hydrogen-bond donors (Lipinski definition) is 1. The molecule has 3 amide bonds. The lowest BCUT2D eigenvalue weighted by atomic mass is 10.1. The maximum Gasteiger partial charge on any atom is 0.350 e. The Morgan fingerprint density at radius 1 is 1.24 bits per heavy atom. The van der Waals surface area contributed by atoms with Gasteiger partial charge in [-0.2, -0.15) is 9.97 Å². The topological polar surface area (TPSA) is 133 Å². The molecule has 0 spiro atoms. The molecule has 2 aromatic heterocycles. The average Bonchev–Trinajstić information content (AvgIpc) is 3.78. The first-order valence-corrected chi connectivity index (χ1v) is 13.1. The Labute approximate surface area is 222 Å². The lowest BCUT2D eigenvalue weighted by Crippen LogP contribution is -2.46. The zero-order chi connectivity index (χ0) is 26.6. The maximum absolute atomic E-state index is 13.6. The Morgan fingerprint density at radius 3 is 2.79 bits per heavy atom. The summed E-state index contributed by atoms with van der Waals surface area (Å²) in [4.78, 5) is 42.3. The molecule has 2 aliphatic rings. The Hall–Kier alpha value is -4.00. The van der Waals surface area contributed by atoms with E-state index < -0.39 is 11.2 Å². The summed E-state index contributed by atoms with van der Waals surface area (Å²) in [5, 5.41) is 2.76. The minimum Gasteiger partial charge on any atom is -0.604 e. The van der Waals surface area contributed by atoms with Crippen molar-refractivity contribution in [2.24, 2.45) is 0 Å². The maximum atomic E-state index is 13.6. The predicted molar refractivity (Wildman–Crippen MR) is 140 cm³/mol. The van der Waals surface area contributed by atoms with Gasteiger partial charge in [-0.15, -0.1) is 0 Å². The van der Waals surface area contributed by atoms with Crippen molar-refractivity contribution in [2.75, 3.05) is 30.5 Å². The monoisotopic (exact) mass is 534 g/mol. The minimum absolute atomic E-state index is 0.0485. The van der Waals surface area contributed by atoms with Gasteiger partial charge in [0.1, 0.15) is 6.61 Å². The van der Waals surface area contributed by atoms with Crippen molar-refractivity contribution in [3.05, 3.63) is 67.0 Å². The lowest BCUT2D eigenvalue weighted by molar-refractivity contribution is -0.111. The number of carbonyl (C=O) groups is 2. The minimum atomic E-state index is -1.75. The molecule has 11 nitrogen and oxygen atoms in total. The largest absolute Gasteiger partial charge is 0.604 e. The van der Waals surface area contributed by atoms with E-state index in [-0.39, 0.29) is 23.1 Å². The SMILES string of the molecule is C=CC(=O)Nc1cccc(N2C(=O)N(C3CC3)Cc3cnc([S+]([O-])c4ccc(OCCOC)nc4)nc32)c1. The summed E-state index contributed by atoms with van der Waals surface area (Å²) in [5.74, 6) is 0.371. The molecule has 38 heavy (non-hydrogen) atoms. The normalized spacial score (nSPS) is 15.6. The van der Waals surface area contributed by atoms with E-state index in [0.29, 0.717) is 47.7 Å². The van der Waals surface area contributed by atoms with Crippen LogP contribution in [0.4, 0.5) is 22.0 Å². The fraction of sp³-hybridized carbons (Fsp3) is 0.269. The van der Waals surface area contributed by atoms with Crippen molar-refractivity contribution in [1.82, 2.24) is 19.9 Å². The van der Waals surface area contributed by atoms with Gasteiger partial charge in [-0.05, 0) is 37.1 Å². The standard InChI is InChI=1S/C26H26N6O5S/c1-3-22(33)29-18-5-4-6-20(13-18)32-24-17(16-31(26(32)34)19-7-8-19)14-28-25(30-24)38(35)21-9-10-23(27-15-21)37-12-11-36-2/h3-6,9-10,13-15,19H,1,7-8,11-12,16H2,2H3,(H,29,33). The summed E-state index contributed by atoms with van der Waals surface area (Å²) in [6, 6.07) is 10.1. The number of nitrogens with one attached hydrogen (secondary N) is 1. The van der Waals surface area contributed by atoms with Crippen LogP contribution < -0.4 is 15.0 Å². The first-order chi connectivity index (χ1) is 18.5. The van der Waals surface area contributed by atoms with Crippen molar-refractivity contribution in [2.45, 2.75) is 35.5 Å². The number of hydrogen-bond acceptors (Lipinski definition) is 8. The number of anilines is 3. The molecule has 0 radical (unpaired) electrons. The third kappa shape index (κ3) is 5.47. The van der Waals surface area contributed by atoms with Crippen LogP contribution >= 0.6 is 0 Å². The summed E-state index contributed by atoms with van der Waals surface area (Å²) >= 11 is -1.75. The van der Waals surface area contributed by atoms with Crippen LogP contribution in [-0.2, 0) is 27.3 Å². The van der Waals surface area contributed by atoms with Crippen LogP contribution in [0.3, 0.4) is 0 Å². The van der Waals surface area contributed by atoms with E-state index in [9.17, 15) is 14.1 Å². The van der Waals surface area contributed by atoms with Gasteiger partial charge < -0.3 is 24.2 Å². The fourth-order valence-electron chi connectivity index (χ4n) is 3.96. The highest BCUT2D eigenvalue weighted by Crippen LogP contribution is 2.39. The van der Waals surface area contributed by atoms with E-state index >= 15 is 0 Å². The molecule has 1 aliphatic heterocycles. The third-order valence-electron chi connectivity index (χ3n) is 5.98. The van der Waals surface area contributed by atoms with Crippen LogP contribution in [-0.4, -0.2) is 62.7 Å². The number of methoxy groups -OCH3 is 1. The molecule has 1 fully saturated rings. The fourth-order valence-corrected chi connectivity index (χ4v) is 4.83. The molecule has 0 bridgehead atoms. The van der Waals surface area contributed by atoms with Gasteiger partial charge in [-0.1, -0.05) is 12.6 Å². The number of aromatic nitrogens is 3. The molecule has 3 aromatic rings. The second-order valence-corrected chi connectivity index (χ2v) is 10.0. The van der Waals surface area contributed by atoms with E-state index in [1.165, 1.54) is 17.2 Å². The van der Waals surface area contributed by atoms with Gasteiger partial charge in [0.15, 0.2) is 10.7 Å². The average molecular weight is 535 g/mol. The number of ether oxygens (including phenoxy) is 2. The zero-order valence-corrected chi connectivity index (χ0v) is 21.5. The number of amides is 3. The highest BCUT2D eigenvalue weighted by molar-refractivity contribution is 7.91. The first kappa shape index (κ1) is 25.6. The summed E-state index contributed by atoms with van der Waals surface area (Å²) in [6.45, 7) is 4.61. The van der Waals surface area contributed by atoms with Crippen molar-refractivity contribution in [1.29, 1.82) is 0 Å². The Bertz CT molecular complexity index is 1350. The van der Waals surface area contributed by atoms with E-state index in [2.05, 4.69) is 26.8 Å². The second-order valence-electron chi connectivity index (χ2n) is 8.66. The van der Waals surface area contributed by atoms with E-state index in [1.807, 2.05) is 0 Å². The first-order valence-electron chi connectivity index (χ1n) is 12.0. The zero-order valence-electron chi connectivity index (χ0n) is 20.7. The second kappa shape index (κ2) is 11.2. The molecule has 1 unspecified atom stereocenters. The van der Waals surface area contributed by atoms with E-state index in [1.54, 1.807) is 54.6 Å². The molecule has 5 rings (SSSR count). The van der Waals surface area contributed by atoms with Crippen LogP contribution in [0.1, 0.15) is 18.4 Å². The van der Waals surface area contributed by atoms with Crippen LogP contribution in [0.2, 0.25) is 0 Å². The van der Waals surface area contributed by atoms with Crippen molar-refractivity contribution < 1.29 is 23.6 Å². The number of rotatable bonds is 10. The van der Waals surface area contributed by atoms with Gasteiger partial charge in [-0.25, -0.2) is 14.7 Å². The lowest BCUT2D eigenvalue weighted by Gasteiger charge is -2.36. The highest BCUT2D eigenvalue weighted by Gasteiger charge is 2.41. The van der Waals surface area contributed by atoms with Crippen molar-refractivity contribution in [3.63, 3.8) is 0 Å². The molecule has 1 aliphatic carbocycles. The highest BCUT2D eigenvalue weighted by atomic mass is 32.2. The molecule has 1 atom stereocenters. The van der Waals surface area contributed by atoms with Gasteiger partial charge in [0.25, 0.3) is 0 Å². The van der Waals surface area contributed by atoms with Gasteiger partial charge >= 0.3 is 11.2 Å². The molecular formula is C26H26N6O5S. The summed E-state index contributed by atoms with van der Waals surface area (Å²) in [6.07, 6.45) is 6.11. The predicted octanol–water partition coefficient (Wildman–Crippen LogP) is 3.42. The number of nitrogens with zero attached hydrogens (tertiary/aromatic N) is 5. The molecule has 0 saturated heterocycles. The summed E-state index contributed by atoms with van der Waals surface area (Å²) in [7, 11) is 1.58. The third-order valence-corrected chi connectivity index (χ3v) is 7.18.